The summed E-state index contributed by atoms with van der Waals surface area (Å²) in [6.45, 7) is 5.87. The van der Waals surface area contributed by atoms with Crippen LogP contribution in [0.15, 0.2) is 6.20 Å². The van der Waals surface area contributed by atoms with Crippen LogP contribution in [0.3, 0.4) is 0 Å². The van der Waals surface area contributed by atoms with E-state index in [1.807, 2.05) is 0 Å². The van der Waals surface area contributed by atoms with Crippen LogP contribution in [0.25, 0.3) is 0 Å². The van der Waals surface area contributed by atoms with Gasteiger partial charge in [0.1, 0.15) is 5.82 Å². The number of aromatic nitrogens is 2. The molecule has 0 radical (unpaired) electrons. The smallest absolute Gasteiger partial charge is 0.109 e. The molecule has 1 aromatic heterocycles. The summed E-state index contributed by atoms with van der Waals surface area (Å²) in [4.78, 5) is 7.49. The van der Waals surface area contributed by atoms with Gasteiger partial charge < -0.3 is 4.57 Å². The molecule has 94 valence electrons. The molecule has 1 atom stereocenters. The van der Waals surface area contributed by atoms with Crippen molar-refractivity contribution in [1.82, 2.24) is 14.5 Å². The molecule has 0 aliphatic carbocycles. The summed E-state index contributed by atoms with van der Waals surface area (Å²) in [7, 11) is 0. The van der Waals surface area contributed by atoms with E-state index in [4.69, 9.17) is 4.98 Å². The van der Waals surface area contributed by atoms with Gasteiger partial charge in [0, 0.05) is 19.2 Å². The van der Waals surface area contributed by atoms with Crippen LogP contribution in [0.1, 0.15) is 56.6 Å². The number of rotatable bonds is 2. The zero-order valence-electron chi connectivity index (χ0n) is 10.9. The predicted octanol–water partition coefficient (Wildman–Crippen LogP) is 2.77. The Hall–Kier alpha value is -0.830. The lowest BCUT2D eigenvalue weighted by Gasteiger charge is -2.33. The van der Waals surface area contributed by atoms with Gasteiger partial charge >= 0.3 is 0 Å². The first kappa shape index (κ1) is 11.3. The predicted molar refractivity (Wildman–Crippen MR) is 69.0 cm³/mol. The van der Waals surface area contributed by atoms with E-state index in [2.05, 4.69) is 22.6 Å². The SMILES string of the molecule is CCN1CCCCC1c1cn2c(n1)CCCC2. The Labute approximate surface area is 104 Å². The van der Waals surface area contributed by atoms with Crippen molar-refractivity contribution in [2.24, 2.45) is 0 Å². The highest BCUT2D eigenvalue weighted by Gasteiger charge is 2.26. The first-order valence-electron chi connectivity index (χ1n) is 7.18. The standard InChI is InChI=1S/C14H23N3/c1-2-16-9-5-3-7-13(16)12-11-17-10-6-4-8-14(17)15-12/h11,13H,2-10H2,1H3. The Kier molecular flexibility index (Phi) is 3.19. The van der Waals surface area contributed by atoms with E-state index in [0.717, 1.165) is 6.54 Å². The largest absolute Gasteiger partial charge is 0.335 e. The van der Waals surface area contributed by atoms with Gasteiger partial charge in [-0.2, -0.15) is 0 Å². The first-order valence-corrected chi connectivity index (χ1v) is 7.18. The van der Waals surface area contributed by atoms with Crippen LogP contribution in [0.5, 0.6) is 0 Å². The normalized spacial score (nSPS) is 25.8. The maximum Gasteiger partial charge on any atom is 0.109 e. The monoisotopic (exact) mass is 233 g/mol. The second kappa shape index (κ2) is 4.81. The molecule has 0 N–H and O–H groups in total. The zero-order chi connectivity index (χ0) is 11.7. The Balaban J connectivity index is 1.84. The van der Waals surface area contributed by atoms with Gasteiger partial charge in [-0.1, -0.05) is 13.3 Å². The molecular formula is C14H23N3. The van der Waals surface area contributed by atoms with Crippen molar-refractivity contribution in [2.45, 2.75) is 58.0 Å². The van der Waals surface area contributed by atoms with Gasteiger partial charge in [-0.3, -0.25) is 4.90 Å². The van der Waals surface area contributed by atoms with E-state index in [1.165, 1.54) is 63.1 Å². The van der Waals surface area contributed by atoms with E-state index in [9.17, 15) is 0 Å². The zero-order valence-corrected chi connectivity index (χ0v) is 10.9. The third-order valence-corrected chi connectivity index (χ3v) is 4.29. The quantitative estimate of drug-likeness (QED) is 0.783. The summed E-state index contributed by atoms with van der Waals surface area (Å²) in [5, 5.41) is 0. The Morgan fingerprint density at radius 2 is 2.12 bits per heavy atom. The Morgan fingerprint density at radius 1 is 1.24 bits per heavy atom. The molecule has 3 heteroatoms. The molecule has 1 saturated heterocycles. The summed E-state index contributed by atoms with van der Waals surface area (Å²) in [5.74, 6) is 1.33. The fourth-order valence-corrected chi connectivity index (χ4v) is 3.30. The van der Waals surface area contributed by atoms with Crippen LogP contribution < -0.4 is 0 Å². The second-order valence-electron chi connectivity index (χ2n) is 5.37. The molecule has 2 aliphatic rings. The Bertz CT molecular complexity index is 359. The van der Waals surface area contributed by atoms with E-state index in [0.29, 0.717) is 6.04 Å². The number of fused-ring (bicyclic) bond motifs is 1. The maximum atomic E-state index is 4.89. The van der Waals surface area contributed by atoms with Crippen molar-refractivity contribution in [3.63, 3.8) is 0 Å². The molecule has 0 saturated carbocycles. The molecular weight excluding hydrogens is 210 g/mol. The number of nitrogens with zero attached hydrogens (tertiary/aromatic N) is 3. The summed E-state index contributed by atoms with van der Waals surface area (Å²) in [6, 6.07) is 0.590. The fourth-order valence-electron chi connectivity index (χ4n) is 3.30. The highest BCUT2D eigenvalue weighted by Crippen LogP contribution is 2.30. The molecule has 1 unspecified atom stereocenters. The van der Waals surface area contributed by atoms with Gasteiger partial charge in [0.25, 0.3) is 0 Å². The van der Waals surface area contributed by atoms with Crippen molar-refractivity contribution >= 4 is 0 Å². The van der Waals surface area contributed by atoms with Crippen molar-refractivity contribution in [3.05, 3.63) is 17.7 Å². The average molecular weight is 233 g/mol. The van der Waals surface area contributed by atoms with Crippen LogP contribution >= 0.6 is 0 Å². The highest BCUT2D eigenvalue weighted by molar-refractivity contribution is 5.11. The number of piperidine rings is 1. The highest BCUT2D eigenvalue weighted by atomic mass is 15.2. The van der Waals surface area contributed by atoms with Gasteiger partial charge in [0.2, 0.25) is 0 Å². The molecule has 0 aromatic carbocycles. The maximum absolute atomic E-state index is 4.89. The number of aryl methyl sites for hydroxylation is 2. The second-order valence-corrected chi connectivity index (χ2v) is 5.37. The number of likely N-dealkylation sites (tertiary alicyclic amines) is 1. The van der Waals surface area contributed by atoms with E-state index in [1.54, 1.807) is 0 Å². The molecule has 0 bridgehead atoms. The molecule has 0 spiro atoms. The van der Waals surface area contributed by atoms with Gasteiger partial charge in [-0.25, -0.2) is 4.98 Å². The van der Waals surface area contributed by atoms with Gasteiger partial charge in [-0.15, -0.1) is 0 Å². The van der Waals surface area contributed by atoms with E-state index >= 15 is 0 Å². The van der Waals surface area contributed by atoms with Crippen LogP contribution in [-0.2, 0) is 13.0 Å². The summed E-state index contributed by atoms with van der Waals surface area (Å²) >= 11 is 0. The van der Waals surface area contributed by atoms with Gasteiger partial charge in [0.05, 0.1) is 11.7 Å². The van der Waals surface area contributed by atoms with Gasteiger partial charge in [-0.05, 0) is 38.8 Å². The minimum Gasteiger partial charge on any atom is -0.335 e. The lowest BCUT2D eigenvalue weighted by Crippen LogP contribution is -2.33. The first-order chi connectivity index (χ1) is 8.38. The molecule has 3 rings (SSSR count). The van der Waals surface area contributed by atoms with Crippen LogP contribution in [0.4, 0.5) is 0 Å². The number of hydrogen-bond donors (Lipinski definition) is 0. The van der Waals surface area contributed by atoms with Crippen molar-refractivity contribution in [2.75, 3.05) is 13.1 Å². The lowest BCUT2D eigenvalue weighted by molar-refractivity contribution is 0.154. The van der Waals surface area contributed by atoms with E-state index < -0.39 is 0 Å². The minimum absolute atomic E-state index is 0.590. The lowest BCUT2D eigenvalue weighted by atomic mass is 10.00. The molecule has 17 heavy (non-hydrogen) atoms. The number of imidazole rings is 1. The van der Waals surface area contributed by atoms with Crippen molar-refractivity contribution < 1.29 is 0 Å². The topological polar surface area (TPSA) is 21.1 Å². The molecule has 1 aromatic rings. The third-order valence-electron chi connectivity index (χ3n) is 4.29. The Morgan fingerprint density at radius 3 is 2.94 bits per heavy atom. The van der Waals surface area contributed by atoms with E-state index in [-0.39, 0.29) is 0 Å². The fraction of sp³-hybridized carbons (Fsp3) is 0.786. The van der Waals surface area contributed by atoms with Crippen LogP contribution in [-0.4, -0.2) is 27.5 Å². The summed E-state index contributed by atoms with van der Waals surface area (Å²) < 4.78 is 2.39. The average Bonchev–Trinajstić information content (AvgIpc) is 2.82. The minimum atomic E-state index is 0.590. The molecule has 1 fully saturated rings. The van der Waals surface area contributed by atoms with Crippen LogP contribution in [0, 0.1) is 0 Å². The van der Waals surface area contributed by atoms with Crippen molar-refractivity contribution in [1.29, 1.82) is 0 Å². The van der Waals surface area contributed by atoms with Gasteiger partial charge in [0.15, 0.2) is 0 Å². The third kappa shape index (κ3) is 2.13. The summed E-state index contributed by atoms with van der Waals surface area (Å²) in [5.41, 5.74) is 1.34. The van der Waals surface area contributed by atoms with Crippen LogP contribution in [0.2, 0.25) is 0 Å². The molecule has 0 amide bonds. The molecule has 3 nitrogen and oxygen atoms in total. The molecule has 2 aliphatic heterocycles. The summed E-state index contributed by atoms with van der Waals surface area (Å²) in [6.07, 6.45) is 10.2. The van der Waals surface area contributed by atoms with Crippen molar-refractivity contribution in [3.8, 4) is 0 Å². The molecule has 3 heterocycles. The number of hydrogen-bond acceptors (Lipinski definition) is 2.